The molecule has 0 aliphatic heterocycles. The van der Waals surface area contributed by atoms with Gasteiger partial charge in [0, 0.05) is 33.6 Å². The molecule has 1 atom stereocenters. The maximum atomic E-state index is 4.09. The summed E-state index contributed by atoms with van der Waals surface area (Å²) in [5, 5.41) is 3.65. The minimum absolute atomic E-state index is 0.487. The predicted octanol–water partition coefficient (Wildman–Crippen LogP) is 4.55. The van der Waals surface area contributed by atoms with Gasteiger partial charge < -0.3 is 5.32 Å². The van der Waals surface area contributed by atoms with Gasteiger partial charge in [-0.1, -0.05) is 22.9 Å². The zero-order valence-corrected chi connectivity index (χ0v) is 14.7. The molecule has 1 aromatic carbocycles. The van der Waals surface area contributed by atoms with E-state index in [1.165, 1.54) is 10.5 Å². The Bertz CT molecular complexity index is 516. The Labute approximate surface area is 139 Å². The van der Waals surface area contributed by atoms with Crippen LogP contribution in [0.25, 0.3) is 0 Å². The normalized spacial score (nSPS) is 12.3. The van der Waals surface area contributed by atoms with E-state index in [9.17, 15) is 0 Å². The molecule has 2 aromatic rings. The monoisotopic (exact) mass is 364 g/mol. The summed E-state index contributed by atoms with van der Waals surface area (Å²) in [5.41, 5.74) is 1.34. The highest BCUT2D eigenvalue weighted by molar-refractivity contribution is 9.10. The predicted molar refractivity (Wildman–Crippen MR) is 94.9 cm³/mol. The molecule has 0 spiro atoms. The van der Waals surface area contributed by atoms with Crippen molar-refractivity contribution in [3.8, 4) is 0 Å². The van der Waals surface area contributed by atoms with Crippen molar-refractivity contribution in [1.29, 1.82) is 0 Å². The van der Waals surface area contributed by atoms with Gasteiger partial charge in [-0.15, -0.1) is 11.8 Å². The van der Waals surface area contributed by atoms with Crippen molar-refractivity contribution < 1.29 is 0 Å². The maximum absolute atomic E-state index is 4.09. The molecular weight excluding hydrogens is 344 g/mol. The van der Waals surface area contributed by atoms with Crippen molar-refractivity contribution in [1.82, 2.24) is 10.3 Å². The Morgan fingerprint density at radius 2 is 1.86 bits per heavy atom. The highest BCUT2D eigenvalue weighted by Crippen LogP contribution is 2.22. The van der Waals surface area contributed by atoms with Crippen LogP contribution in [0.1, 0.15) is 18.9 Å². The molecule has 4 heteroatoms. The van der Waals surface area contributed by atoms with Crippen LogP contribution in [0.5, 0.6) is 0 Å². The molecule has 0 saturated carbocycles. The zero-order chi connectivity index (χ0) is 14.9. The molecule has 1 unspecified atom stereocenters. The summed E-state index contributed by atoms with van der Waals surface area (Å²) in [6.45, 7) is 3.27. The third-order valence-electron chi connectivity index (χ3n) is 3.18. The average molecular weight is 365 g/mol. The van der Waals surface area contributed by atoms with Gasteiger partial charge in [-0.05, 0) is 61.3 Å². The third kappa shape index (κ3) is 6.20. The van der Waals surface area contributed by atoms with E-state index < -0.39 is 0 Å². The fourth-order valence-corrected chi connectivity index (χ4v) is 3.29. The van der Waals surface area contributed by atoms with Gasteiger partial charge in [0.15, 0.2) is 0 Å². The second kappa shape index (κ2) is 9.23. The molecule has 0 fully saturated rings. The molecule has 2 rings (SSSR count). The van der Waals surface area contributed by atoms with Gasteiger partial charge in [-0.3, -0.25) is 4.98 Å². The highest BCUT2D eigenvalue weighted by atomic mass is 79.9. The van der Waals surface area contributed by atoms with Gasteiger partial charge >= 0.3 is 0 Å². The second-order valence-electron chi connectivity index (χ2n) is 4.98. The first-order chi connectivity index (χ1) is 10.3. The molecule has 1 N–H and O–H groups in total. The number of halogens is 1. The van der Waals surface area contributed by atoms with Crippen LogP contribution in [0.3, 0.4) is 0 Å². The minimum atomic E-state index is 0.487. The Kier molecular flexibility index (Phi) is 7.27. The molecule has 21 heavy (non-hydrogen) atoms. The molecule has 0 aliphatic rings. The number of aromatic nitrogens is 1. The summed E-state index contributed by atoms with van der Waals surface area (Å²) in [7, 11) is 0. The highest BCUT2D eigenvalue weighted by Gasteiger charge is 2.09. The largest absolute Gasteiger partial charge is 0.313 e. The Balaban J connectivity index is 1.91. The molecule has 1 aromatic heterocycles. The standard InChI is InChI=1S/C17H21BrN2S/c1-2-9-20-16(12-14-7-10-19-11-8-14)13-21-17-5-3-15(18)4-6-17/h3-8,10-11,16,20H,2,9,12-13H2,1H3. The minimum Gasteiger partial charge on any atom is -0.313 e. The van der Waals surface area contributed by atoms with Crippen LogP contribution < -0.4 is 5.32 Å². The molecule has 0 radical (unpaired) electrons. The van der Waals surface area contributed by atoms with Crippen molar-refractivity contribution >= 4 is 27.7 Å². The summed E-state index contributed by atoms with van der Waals surface area (Å²) in [4.78, 5) is 5.40. The first-order valence-electron chi connectivity index (χ1n) is 7.28. The number of pyridine rings is 1. The van der Waals surface area contributed by atoms with E-state index in [0.717, 1.165) is 29.6 Å². The van der Waals surface area contributed by atoms with Crippen molar-refractivity contribution in [2.24, 2.45) is 0 Å². The van der Waals surface area contributed by atoms with Crippen LogP contribution in [0.2, 0.25) is 0 Å². The van der Waals surface area contributed by atoms with E-state index in [1.807, 2.05) is 24.2 Å². The summed E-state index contributed by atoms with van der Waals surface area (Å²) < 4.78 is 1.13. The molecule has 0 saturated heterocycles. The summed E-state index contributed by atoms with van der Waals surface area (Å²) in [6, 6.07) is 13.2. The second-order valence-corrected chi connectivity index (χ2v) is 6.98. The summed E-state index contributed by atoms with van der Waals surface area (Å²) in [5.74, 6) is 1.07. The molecule has 0 amide bonds. The van der Waals surface area contributed by atoms with Crippen LogP contribution in [0, 0.1) is 0 Å². The summed E-state index contributed by atoms with van der Waals surface area (Å²) >= 11 is 5.38. The Morgan fingerprint density at radius 3 is 2.52 bits per heavy atom. The van der Waals surface area contributed by atoms with Crippen molar-refractivity contribution in [3.63, 3.8) is 0 Å². The van der Waals surface area contributed by atoms with Gasteiger partial charge in [-0.2, -0.15) is 0 Å². The lowest BCUT2D eigenvalue weighted by Gasteiger charge is -2.18. The van der Waals surface area contributed by atoms with Crippen molar-refractivity contribution in [2.75, 3.05) is 12.3 Å². The fraction of sp³-hybridized carbons (Fsp3) is 0.353. The number of hydrogen-bond acceptors (Lipinski definition) is 3. The lowest BCUT2D eigenvalue weighted by atomic mass is 10.1. The number of thioether (sulfide) groups is 1. The number of benzene rings is 1. The van der Waals surface area contributed by atoms with Crippen LogP contribution in [-0.4, -0.2) is 23.3 Å². The zero-order valence-electron chi connectivity index (χ0n) is 12.3. The smallest absolute Gasteiger partial charge is 0.0270 e. The SMILES string of the molecule is CCCNC(CSc1ccc(Br)cc1)Cc1ccncc1. The van der Waals surface area contributed by atoms with E-state index >= 15 is 0 Å². The lowest BCUT2D eigenvalue weighted by Crippen LogP contribution is -2.34. The first kappa shape index (κ1) is 16.5. The van der Waals surface area contributed by atoms with Gasteiger partial charge in [0.1, 0.15) is 0 Å². The van der Waals surface area contributed by atoms with E-state index in [1.54, 1.807) is 0 Å². The Morgan fingerprint density at radius 1 is 1.14 bits per heavy atom. The van der Waals surface area contributed by atoms with E-state index in [-0.39, 0.29) is 0 Å². The number of hydrogen-bond donors (Lipinski definition) is 1. The van der Waals surface area contributed by atoms with Gasteiger partial charge in [-0.25, -0.2) is 0 Å². The molecule has 0 bridgehead atoms. The van der Waals surface area contributed by atoms with Crippen LogP contribution in [0.15, 0.2) is 58.2 Å². The van der Waals surface area contributed by atoms with E-state index in [4.69, 9.17) is 0 Å². The van der Waals surface area contributed by atoms with Gasteiger partial charge in [0.05, 0.1) is 0 Å². The molecule has 2 nitrogen and oxygen atoms in total. The average Bonchev–Trinajstić information content (AvgIpc) is 2.52. The van der Waals surface area contributed by atoms with Gasteiger partial charge in [0.25, 0.3) is 0 Å². The number of rotatable bonds is 8. The lowest BCUT2D eigenvalue weighted by molar-refractivity contribution is 0.550. The number of nitrogens with zero attached hydrogens (tertiary/aromatic N) is 1. The number of nitrogens with one attached hydrogen (secondary N) is 1. The molecular formula is C17H21BrN2S. The van der Waals surface area contributed by atoms with Crippen LogP contribution in [-0.2, 0) is 6.42 Å². The van der Waals surface area contributed by atoms with E-state index in [2.05, 4.69) is 69.6 Å². The third-order valence-corrected chi connectivity index (χ3v) is 4.88. The van der Waals surface area contributed by atoms with Crippen LogP contribution >= 0.6 is 27.7 Å². The quantitative estimate of drug-likeness (QED) is 0.695. The van der Waals surface area contributed by atoms with E-state index in [0.29, 0.717) is 6.04 Å². The molecule has 112 valence electrons. The summed E-state index contributed by atoms with van der Waals surface area (Å²) in [6.07, 6.45) is 5.95. The molecule has 1 heterocycles. The van der Waals surface area contributed by atoms with Crippen molar-refractivity contribution in [3.05, 3.63) is 58.8 Å². The maximum Gasteiger partial charge on any atom is 0.0270 e. The Hall–Kier alpha value is -0.840. The molecule has 0 aliphatic carbocycles. The van der Waals surface area contributed by atoms with Gasteiger partial charge in [0.2, 0.25) is 0 Å². The van der Waals surface area contributed by atoms with Crippen LogP contribution in [0.4, 0.5) is 0 Å². The first-order valence-corrected chi connectivity index (χ1v) is 9.06. The van der Waals surface area contributed by atoms with Crippen molar-refractivity contribution in [2.45, 2.75) is 30.7 Å². The topological polar surface area (TPSA) is 24.9 Å². The fourth-order valence-electron chi connectivity index (χ4n) is 2.07.